The van der Waals surface area contributed by atoms with Crippen LogP contribution < -0.4 is 10.6 Å². The molecule has 0 saturated carbocycles. The van der Waals surface area contributed by atoms with Crippen molar-refractivity contribution < 1.29 is 5.11 Å². The van der Waals surface area contributed by atoms with Gasteiger partial charge in [0.05, 0.1) is 23.8 Å². The van der Waals surface area contributed by atoms with Crippen molar-refractivity contribution in [3.05, 3.63) is 38.0 Å². The van der Waals surface area contributed by atoms with E-state index >= 15 is 0 Å². The number of aliphatic imine (C=N–C) groups is 1. The Balaban J connectivity index is 0.00000288. The monoisotopic (exact) mass is 480 g/mol. The first-order valence-corrected chi connectivity index (χ1v) is 9.33. The first-order chi connectivity index (χ1) is 10.9. The summed E-state index contributed by atoms with van der Waals surface area (Å²) in [6.07, 6.45) is 0. The fourth-order valence-corrected chi connectivity index (χ4v) is 3.79. The fraction of sp³-hybridized carbons (Fsp3) is 0.500. The number of halogens is 1. The third kappa shape index (κ3) is 5.98. The average Bonchev–Trinajstić information content (AvgIpc) is 3.12. The zero-order valence-corrected chi connectivity index (χ0v) is 18.4. The van der Waals surface area contributed by atoms with Crippen molar-refractivity contribution in [2.24, 2.45) is 4.99 Å². The largest absolute Gasteiger partial charge is 0.383 e. The van der Waals surface area contributed by atoms with Crippen LogP contribution in [-0.2, 0) is 12.1 Å². The molecular formula is C16H25IN4OS2. The molecule has 24 heavy (non-hydrogen) atoms. The summed E-state index contributed by atoms with van der Waals surface area (Å²) in [4.78, 5) is 11.1. The lowest BCUT2D eigenvalue weighted by Gasteiger charge is -2.23. The Kier molecular flexibility index (Phi) is 8.61. The maximum atomic E-state index is 10.6. The lowest BCUT2D eigenvalue weighted by Crippen LogP contribution is -2.44. The molecule has 1 atom stereocenters. The number of nitrogens with one attached hydrogen (secondary N) is 2. The zero-order valence-electron chi connectivity index (χ0n) is 14.4. The van der Waals surface area contributed by atoms with Gasteiger partial charge in [0.25, 0.3) is 0 Å². The van der Waals surface area contributed by atoms with Gasteiger partial charge in [0.2, 0.25) is 0 Å². The topological polar surface area (TPSA) is 69.5 Å². The lowest BCUT2D eigenvalue weighted by atomic mass is 10.1. The molecule has 8 heteroatoms. The Morgan fingerprint density at radius 3 is 2.67 bits per heavy atom. The van der Waals surface area contributed by atoms with E-state index in [0.717, 1.165) is 22.1 Å². The molecule has 0 radical (unpaired) electrons. The standard InChI is InChI=1S/C16H24N4OS2.HI/c1-5-17-15(18-9-13-11(2)20-12(3)23-13)19-10-16(4,21)14-7-6-8-22-14;/h6-8,21H,5,9-10H2,1-4H3,(H2,17,18,19);1H. The Morgan fingerprint density at radius 1 is 1.38 bits per heavy atom. The summed E-state index contributed by atoms with van der Waals surface area (Å²) < 4.78 is 0. The molecule has 0 aliphatic carbocycles. The van der Waals surface area contributed by atoms with Gasteiger partial charge in [-0.25, -0.2) is 9.98 Å². The maximum absolute atomic E-state index is 10.6. The highest BCUT2D eigenvalue weighted by Gasteiger charge is 2.24. The van der Waals surface area contributed by atoms with Crippen molar-refractivity contribution in [2.45, 2.75) is 39.8 Å². The van der Waals surface area contributed by atoms with Gasteiger partial charge in [0, 0.05) is 16.3 Å². The van der Waals surface area contributed by atoms with Gasteiger partial charge in [-0.05, 0) is 39.1 Å². The number of hydrogen-bond donors (Lipinski definition) is 3. The summed E-state index contributed by atoms with van der Waals surface area (Å²) in [6.45, 7) is 9.62. The highest BCUT2D eigenvalue weighted by atomic mass is 127. The lowest BCUT2D eigenvalue weighted by molar-refractivity contribution is 0.0655. The predicted octanol–water partition coefficient (Wildman–Crippen LogP) is 3.40. The summed E-state index contributed by atoms with van der Waals surface area (Å²) in [7, 11) is 0. The number of nitrogens with zero attached hydrogens (tertiary/aromatic N) is 2. The minimum Gasteiger partial charge on any atom is -0.383 e. The van der Waals surface area contributed by atoms with Gasteiger partial charge in [-0.3, -0.25) is 0 Å². The number of aromatic nitrogens is 1. The van der Waals surface area contributed by atoms with Crippen molar-refractivity contribution in [2.75, 3.05) is 13.1 Å². The van der Waals surface area contributed by atoms with Gasteiger partial charge < -0.3 is 15.7 Å². The van der Waals surface area contributed by atoms with Crippen LogP contribution in [0.25, 0.3) is 0 Å². The van der Waals surface area contributed by atoms with E-state index in [-0.39, 0.29) is 24.0 Å². The van der Waals surface area contributed by atoms with Crippen molar-refractivity contribution in [3.8, 4) is 0 Å². The van der Waals surface area contributed by atoms with E-state index in [1.807, 2.05) is 45.2 Å². The molecule has 0 fully saturated rings. The summed E-state index contributed by atoms with van der Waals surface area (Å²) in [5.74, 6) is 0.704. The molecule has 2 aromatic heterocycles. The fourth-order valence-electron chi connectivity index (χ4n) is 2.14. The molecule has 0 amide bonds. The number of guanidine groups is 1. The molecule has 0 saturated heterocycles. The number of aryl methyl sites for hydroxylation is 2. The third-order valence-corrected chi connectivity index (χ3v) is 5.56. The van der Waals surface area contributed by atoms with Crippen LogP contribution in [0.3, 0.4) is 0 Å². The van der Waals surface area contributed by atoms with Crippen LogP contribution in [0.2, 0.25) is 0 Å². The highest BCUT2D eigenvalue weighted by molar-refractivity contribution is 14.0. The number of thiazole rings is 1. The Morgan fingerprint density at radius 2 is 2.12 bits per heavy atom. The van der Waals surface area contributed by atoms with Crippen LogP contribution in [0, 0.1) is 13.8 Å². The van der Waals surface area contributed by atoms with Crippen LogP contribution >= 0.6 is 46.7 Å². The van der Waals surface area contributed by atoms with E-state index in [9.17, 15) is 5.11 Å². The van der Waals surface area contributed by atoms with Gasteiger partial charge in [-0.2, -0.15) is 0 Å². The van der Waals surface area contributed by atoms with Crippen molar-refractivity contribution in [3.63, 3.8) is 0 Å². The smallest absolute Gasteiger partial charge is 0.191 e. The molecule has 0 spiro atoms. The normalized spacial score (nSPS) is 14.0. The van der Waals surface area contributed by atoms with Gasteiger partial charge >= 0.3 is 0 Å². The zero-order chi connectivity index (χ0) is 16.9. The van der Waals surface area contributed by atoms with Gasteiger partial charge in [-0.1, -0.05) is 6.07 Å². The predicted molar refractivity (Wildman–Crippen MR) is 114 cm³/mol. The molecule has 0 aromatic carbocycles. The molecule has 2 rings (SSSR count). The number of hydrogen-bond acceptors (Lipinski definition) is 5. The second kappa shape index (κ2) is 9.69. The van der Waals surface area contributed by atoms with Crippen molar-refractivity contribution >= 4 is 52.6 Å². The number of rotatable bonds is 6. The van der Waals surface area contributed by atoms with E-state index in [2.05, 4.69) is 20.6 Å². The Hall–Kier alpha value is -0.710. The summed E-state index contributed by atoms with van der Waals surface area (Å²) in [5.41, 5.74) is 0.124. The highest BCUT2D eigenvalue weighted by Crippen LogP contribution is 2.24. The molecule has 1 unspecified atom stereocenters. The third-order valence-electron chi connectivity index (χ3n) is 3.38. The summed E-state index contributed by atoms with van der Waals surface area (Å²) in [5, 5.41) is 20.1. The minimum absolute atomic E-state index is 0. The van der Waals surface area contributed by atoms with Crippen LogP contribution in [0.5, 0.6) is 0 Å². The molecule has 0 bridgehead atoms. The second-order valence-electron chi connectivity index (χ2n) is 5.54. The van der Waals surface area contributed by atoms with E-state index < -0.39 is 5.60 Å². The van der Waals surface area contributed by atoms with E-state index in [1.165, 1.54) is 4.88 Å². The molecule has 0 aliphatic rings. The number of thiophene rings is 1. The van der Waals surface area contributed by atoms with Crippen LogP contribution in [0.4, 0.5) is 0 Å². The molecule has 0 aliphatic heterocycles. The van der Waals surface area contributed by atoms with E-state index in [1.54, 1.807) is 22.7 Å². The van der Waals surface area contributed by atoms with Crippen LogP contribution in [-0.4, -0.2) is 29.1 Å². The van der Waals surface area contributed by atoms with Crippen molar-refractivity contribution in [1.82, 2.24) is 15.6 Å². The van der Waals surface area contributed by atoms with E-state index in [4.69, 9.17) is 0 Å². The van der Waals surface area contributed by atoms with Crippen molar-refractivity contribution in [1.29, 1.82) is 0 Å². The summed E-state index contributed by atoms with van der Waals surface area (Å²) in [6, 6.07) is 3.89. The maximum Gasteiger partial charge on any atom is 0.191 e. The van der Waals surface area contributed by atoms with E-state index in [0.29, 0.717) is 19.0 Å². The SMILES string of the molecule is CCNC(=NCc1sc(C)nc1C)NCC(C)(O)c1cccs1.I. The molecule has 5 nitrogen and oxygen atoms in total. The van der Waals surface area contributed by atoms with Crippen LogP contribution in [0.1, 0.15) is 34.3 Å². The molecule has 2 aromatic rings. The Bertz CT molecular complexity index is 653. The molecule has 2 heterocycles. The number of aliphatic hydroxyl groups is 1. The first-order valence-electron chi connectivity index (χ1n) is 7.64. The van der Waals surface area contributed by atoms with Crippen LogP contribution in [0.15, 0.2) is 22.5 Å². The Labute approximate surface area is 168 Å². The molecule has 134 valence electrons. The van der Waals surface area contributed by atoms with Gasteiger partial charge in [-0.15, -0.1) is 46.7 Å². The minimum atomic E-state index is -0.915. The first kappa shape index (κ1) is 21.3. The van der Waals surface area contributed by atoms with Gasteiger partial charge in [0.1, 0.15) is 5.60 Å². The average molecular weight is 480 g/mol. The second-order valence-corrected chi connectivity index (χ2v) is 7.78. The summed E-state index contributed by atoms with van der Waals surface area (Å²) >= 11 is 3.23. The quantitative estimate of drug-likeness (QED) is 0.337. The molecule has 3 N–H and O–H groups in total. The molecular weight excluding hydrogens is 455 g/mol. The van der Waals surface area contributed by atoms with Gasteiger partial charge in [0.15, 0.2) is 5.96 Å².